The Bertz CT molecular complexity index is 260. The van der Waals surface area contributed by atoms with Gasteiger partial charge in [0.1, 0.15) is 0 Å². The van der Waals surface area contributed by atoms with Crippen LogP contribution in [0.3, 0.4) is 0 Å². The molecule has 0 fully saturated rings. The molecule has 0 aromatic carbocycles. The molecule has 0 aliphatic heterocycles. The van der Waals surface area contributed by atoms with Crippen LogP contribution in [0.5, 0.6) is 0 Å². The minimum atomic E-state index is 0.0453. The van der Waals surface area contributed by atoms with Crippen molar-refractivity contribution < 1.29 is 9.53 Å². The van der Waals surface area contributed by atoms with Gasteiger partial charge in [-0.15, -0.1) is 0 Å². The van der Waals surface area contributed by atoms with Crippen LogP contribution in [0.1, 0.15) is 27.2 Å². The predicted molar refractivity (Wildman–Crippen MR) is 77.5 cm³/mol. The lowest BCUT2D eigenvalue weighted by Crippen LogP contribution is -2.43. The third kappa shape index (κ3) is 10.3. The quantitative estimate of drug-likeness (QED) is 0.568. The summed E-state index contributed by atoms with van der Waals surface area (Å²) in [5.74, 6) is 0.517. The van der Waals surface area contributed by atoms with E-state index in [4.69, 9.17) is 17.0 Å². The lowest BCUT2D eigenvalue weighted by atomic mass is 10.2. The minimum absolute atomic E-state index is 0.0453. The minimum Gasteiger partial charge on any atom is -0.383 e. The van der Waals surface area contributed by atoms with Crippen molar-refractivity contribution in [2.24, 2.45) is 5.92 Å². The third-order valence-electron chi connectivity index (χ3n) is 2.14. The fourth-order valence-corrected chi connectivity index (χ4v) is 1.57. The smallest absolute Gasteiger partial charge is 0.221 e. The van der Waals surface area contributed by atoms with E-state index < -0.39 is 0 Å². The molecule has 1 unspecified atom stereocenters. The first-order valence-electron chi connectivity index (χ1n) is 6.25. The van der Waals surface area contributed by atoms with E-state index in [0.717, 1.165) is 0 Å². The van der Waals surface area contributed by atoms with E-state index in [1.807, 2.05) is 6.92 Å². The largest absolute Gasteiger partial charge is 0.383 e. The number of hydrogen-bond acceptors (Lipinski definition) is 3. The fourth-order valence-electron chi connectivity index (χ4n) is 1.26. The number of thiocarbonyl (C=S) groups is 1. The van der Waals surface area contributed by atoms with E-state index in [2.05, 4.69) is 29.8 Å². The standard InChI is InChI=1S/C12H25N3O2S/c1-9(2)7-14-11(16)5-6-13-12(18)15-10(3)8-17-4/h9-10H,5-8H2,1-4H3,(H,14,16)(H2,13,15,18). The maximum Gasteiger partial charge on any atom is 0.221 e. The molecule has 0 aromatic heterocycles. The molecule has 1 amide bonds. The maximum atomic E-state index is 11.4. The number of amides is 1. The summed E-state index contributed by atoms with van der Waals surface area (Å²) in [6.45, 7) is 7.95. The van der Waals surface area contributed by atoms with Crippen molar-refractivity contribution in [3.63, 3.8) is 0 Å². The van der Waals surface area contributed by atoms with Crippen LogP contribution in [-0.2, 0) is 9.53 Å². The SMILES string of the molecule is COCC(C)NC(=S)NCCC(=O)NCC(C)C. The van der Waals surface area contributed by atoms with E-state index >= 15 is 0 Å². The molecule has 0 heterocycles. The van der Waals surface area contributed by atoms with Crippen molar-refractivity contribution in [1.82, 2.24) is 16.0 Å². The zero-order valence-electron chi connectivity index (χ0n) is 11.7. The molecular formula is C12H25N3O2S. The van der Waals surface area contributed by atoms with Crippen LogP contribution >= 0.6 is 12.2 Å². The molecule has 0 aliphatic rings. The topological polar surface area (TPSA) is 62.4 Å². The van der Waals surface area contributed by atoms with Crippen molar-refractivity contribution in [1.29, 1.82) is 0 Å². The van der Waals surface area contributed by atoms with Crippen LogP contribution in [0.15, 0.2) is 0 Å². The van der Waals surface area contributed by atoms with Gasteiger partial charge in [0.15, 0.2) is 5.11 Å². The number of rotatable bonds is 8. The van der Waals surface area contributed by atoms with Gasteiger partial charge in [-0.3, -0.25) is 4.79 Å². The second kappa shape index (κ2) is 10.1. The van der Waals surface area contributed by atoms with Crippen molar-refractivity contribution in [2.45, 2.75) is 33.2 Å². The number of nitrogens with one attached hydrogen (secondary N) is 3. The number of carbonyl (C=O) groups excluding carboxylic acids is 1. The van der Waals surface area contributed by atoms with Crippen molar-refractivity contribution in [2.75, 3.05) is 26.8 Å². The summed E-state index contributed by atoms with van der Waals surface area (Å²) in [4.78, 5) is 11.4. The molecule has 106 valence electrons. The molecule has 3 N–H and O–H groups in total. The normalized spacial score (nSPS) is 12.1. The highest BCUT2D eigenvalue weighted by Crippen LogP contribution is 1.88. The molecule has 0 rings (SSSR count). The zero-order chi connectivity index (χ0) is 14.0. The van der Waals surface area contributed by atoms with Crippen LogP contribution in [0.4, 0.5) is 0 Å². The number of methoxy groups -OCH3 is 1. The number of ether oxygens (including phenoxy) is 1. The van der Waals surface area contributed by atoms with E-state index in [1.165, 1.54) is 0 Å². The second-order valence-electron chi connectivity index (χ2n) is 4.70. The molecule has 6 heteroatoms. The Labute approximate surface area is 115 Å². The van der Waals surface area contributed by atoms with E-state index in [-0.39, 0.29) is 11.9 Å². The van der Waals surface area contributed by atoms with E-state index in [0.29, 0.717) is 37.1 Å². The third-order valence-corrected chi connectivity index (χ3v) is 2.40. The van der Waals surface area contributed by atoms with Gasteiger partial charge in [-0.05, 0) is 25.1 Å². The Balaban J connectivity index is 3.58. The van der Waals surface area contributed by atoms with Gasteiger partial charge in [0.2, 0.25) is 5.91 Å². The molecule has 1 atom stereocenters. The van der Waals surface area contributed by atoms with Crippen LogP contribution < -0.4 is 16.0 Å². The summed E-state index contributed by atoms with van der Waals surface area (Å²) in [7, 11) is 1.65. The van der Waals surface area contributed by atoms with Crippen molar-refractivity contribution >= 4 is 23.2 Å². The highest BCUT2D eigenvalue weighted by Gasteiger charge is 2.05. The molecule has 0 radical (unpaired) electrons. The lowest BCUT2D eigenvalue weighted by molar-refractivity contribution is -0.121. The van der Waals surface area contributed by atoms with Gasteiger partial charge < -0.3 is 20.7 Å². The van der Waals surface area contributed by atoms with E-state index in [9.17, 15) is 4.79 Å². The summed E-state index contributed by atoms with van der Waals surface area (Å²) in [6, 6.07) is 0.157. The van der Waals surface area contributed by atoms with Gasteiger partial charge in [-0.1, -0.05) is 13.8 Å². The molecule has 18 heavy (non-hydrogen) atoms. The fraction of sp³-hybridized carbons (Fsp3) is 0.833. The zero-order valence-corrected chi connectivity index (χ0v) is 12.5. The average Bonchev–Trinajstić information content (AvgIpc) is 2.26. The van der Waals surface area contributed by atoms with Crippen LogP contribution in [0.2, 0.25) is 0 Å². The maximum absolute atomic E-state index is 11.4. The highest BCUT2D eigenvalue weighted by molar-refractivity contribution is 7.80. The van der Waals surface area contributed by atoms with Gasteiger partial charge >= 0.3 is 0 Å². The summed E-state index contributed by atoms with van der Waals surface area (Å²) >= 11 is 5.09. The van der Waals surface area contributed by atoms with Gasteiger partial charge in [0.25, 0.3) is 0 Å². The first-order valence-corrected chi connectivity index (χ1v) is 6.66. The Morgan fingerprint density at radius 2 is 1.94 bits per heavy atom. The summed E-state index contributed by atoms with van der Waals surface area (Å²) in [6.07, 6.45) is 0.424. The Kier molecular flexibility index (Phi) is 9.59. The van der Waals surface area contributed by atoms with Crippen molar-refractivity contribution in [3.8, 4) is 0 Å². The van der Waals surface area contributed by atoms with E-state index in [1.54, 1.807) is 7.11 Å². The Morgan fingerprint density at radius 1 is 1.28 bits per heavy atom. The molecule has 0 bridgehead atoms. The van der Waals surface area contributed by atoms with Crippen molar-refractivity contribution in [3.05, 3.63) is 0 Å². The Hall–Kier alpha value is -0.880. The first-order chi connectivity index (χ1) is 8.45. The molecule has 5 nitrogen and oxygen atoms in total. The second-order valence-corrected chi connectivity index (χ2v) is 5.11. The van der Waals surface area contributed by atoms with Gasteiger partial charge in [0, 0.05) is 32.7 Å². The average molecular weight is 275 g/mol. The first kappa shape index (κ1) is 17.1. The molecular weight excluding hydrogens is 250 g/mol. The van der Waals surface area contributed by atoms with Crippen LogP contribution in [0.25, 0.3) is 0 Å². The molecule has 0 saturated heterocycles. The number of hydrogen-bond donors (Lipinski definition) is 3. The lowest BCUT2D eigenvalue weighted by Gasteiger charge is -2.16. The van der Waals surface area contributed by atoms with Gasteiger partial charge in [-0.2, -0.15) is 0 Å². The monoisotopic (exact) mass is 275 g/mol. The molecule has 0 saturated carbocycles. The number of carbonyl (C=O) groups is 1. The predicted octanol–water partition coefficient (Wildman–Crippen LogP) is 0.648. The van der Waals surface area contributed by atoms with Gasteiger partial charge in [0.05, 0.1) is 6.61 Å². The summed E-state index contributed by atoms with van der Waals surface area (Å²) in [5.41, 5.74) is 0. The van der Waals surface area contributed by atoms with Crippen LogP contribution in [0, 0.1) is 5.92 Å². The van der Waals surface area contributed by atoms with Crippen LogP contribution in [-0.4, -0.2) is 43.9 Å². The summed E-state index contributed by atoms with van der Waals surface area (Å²) < 4.78 is 4.99. The summed E-state index contributed by atoms with van der Waals surface area (Å²) in [5, 5.41) is 9.47. The molecule has 0 spiro atoms. The Morgan fingerprint density at radius 3 is 2.50 bits per heavy atom. The molecule has 0 aromatic rings. The molecule has 0 aliphatic carbocycles. The van der Waals surface area contributed by atoms with Gasteiger partial charge in [-0.25, -0.2) is 0 Å². The highest BCUT2D eigenvalue weighted by atomic mass is 32.1.